The molecule has 1 amide bonds. The lowest BCUT2D eigenvalue weighted by Gasteiger charge is -2.36. The maximum Gasteiger partial charge on any atom is 0.414 e. The van der Waals surface area contributed by atoms with Crippen LogP contribution in [0.2, 0.25) is 0 Å². The van der Waals surface area contributed by atoms with Crippen molar-refractivity contribution in [2.24, 2.45) is 5.92 Å². The van der Waals surface area contributed by atoms with Gasteiger partial charge in [-0.25, -0.2) is 13.6 Å². The second-order valence-corrected chi connectivity index (χ2v) is 11.0. The zero-order valence-electron chi connectivity index (χ0n) is 19.0. The van der Waals surface area contributed by atoms with Crippen LogP contribution in [0.1, 0.15) is 13.8 Å². The second-order valence-electron chi connectivity index (χ2n) is 8.45. The van der Waals surface area contributed by atoms with E-state index in [1.54, 1.807) is 0 Å². The molecule has 2 heterocycles. The summed E-state index contributed by atoms with van der Waals surface area (Å²) in [7, 11) is -0.723. The van der Waals surface area contributed by atoms with Crippen molar-refractivity contribution in [2.45, 2.75) is 20.0 Å². The van der Waals surface area contributed by atoms with Gasteiger partial charge < -0.3 is 15.0 Å². The van der Waals surface area contributed by atoms with Crippen LogP contribution >= 0.6 is 12.2 Å². The molecule has 1 aromatic carbocycles. The molecular formula is C20H29F2N5O4S2. The highest BCUT2D eigenvalue weighted by Gasteiger charge is 2.35. The third-order valence-corrected chi connectivity index (χ3v) is 8.11. The van der Waals surface area contributed by atoms with Crippen molar-refractivity contribution in [1.29, 1.82) is 0 Å². The maximum absolute atomic E-state index is 14.9. The van der Waals surface area contributed by atoms with Crippen LogP contribution in [0.4, 0.5) is 25.0 Å². The molecule has 2 aliphatic heterocycles. The van der Waals surface area contributed by atoms with Crippen molar-refractivity contribution < 1.29 is 26.7 Å². The summed E-state index contributed by atoms with van der Waals surface area (Å²) in [5, 5.41) is 3.04. The lowest BCUT2D eigenvalue weighted by molar-refractivity contribution is 0.143. The molecule has 2 saturated heterocycles. The van der Waals surface area contributed by atoms with E-state index in [0.717, 1.165) is 16.4 Å². The van der Waals surface area contributed by atoms with Gasteiger partial charge in [0.05, 0.1) is 23.8 Å². The standard InChI is InChI=1S/C20H29F2N5O4S2/c1-13(2)19(32)23-11-15-12-27(20(28)31-15)14-9-16(21)18(17(22)10-14)25-5-7-26(8-6-25)33(29,30)24(3)4/h9-10,13,15H,5-8,11-12H2,1-4H3,(H,23,32)/t15-/m0/s1. The van der Waals surface area contributed by atoms with Crippen LogP contribution in [0.15, 0.2) is 12.1 Å². The number of carbonyl (C=O) groups is 1. The Labute approximate surface area is 198 Å². The van der Waals surface area contributed by atoms with Gasteiger partial charge >= 0.3 is 6.09 Å². The van der Waals surface area contributed by atoms with Gasteiger partial charge in [0, 0.05) is 58.3 Å². The van der Waals surface area contributed by atoms with Crippen LogP contribution in [-0.2, 0) is 14.9 Å². The number of rotatable bonds is 7. The third-order valence-electron chi connectivity index (χ3n) is 5.56. The molecule has 1 atom stereocenters. The van der Waals surface area contributed by atoms with E-state index in [1.165, 1.54) is 28.2 Å². The molecule has 0 saturated carbocycles. The fourth-order valence-corrected chi connectivity index (χ4v) is 4.81. The maximum atomic E-state index is 14.9. The largest absolute Gasteiger partial charge is 0.442 e. The molecule has 1 aromatic rings. The van der Waals surface area contributed by atoms with Crippen molar-refractivity contribution >= 4 is 44.9 Å². The van der Waals surface area contributed by atoms with Crippen molar-refractivity contribution in [3.05, 3.63) is 23.8 Å². The SMILES string of the molecule is CC(C)C(=S)NC[C@H]1CN(c2cc(F)c(N3CCN(S(=O)(=O)N(C)C)CC3)c(F)c2)C(=O)O1. The van der Waals surface area contributed by atoms with Gasteiger partial charge in [0.25, 0.3) is 10.2 Å². The van der Waals surface area contributed by atoms with Crippen molar-refractivity contribution in [3.63, 3.8) is 0 Å². The smallest absolute Gasteiger partial charge is 0.414 e. The van der Waals surface area contributed by atoms with Crippen LogP contribution in [0, 0.1) is 17.6 Å². The quantitative estimate of drug-likeness (QED) is 0.566. The summed E-state index contributed by atoms with van der Waals surface area (Å²) >= 11 is 5.21. The molecule has 2 aliphatic rings. The average Bonchev–Trinajstić information content (AvgIpc) is 3.12. The van der Waals surface area contributed by atoms with E-state index in [1.807, 2.05) is 13.8 Å². The van der Waals surface area contributed by atoms with Crippen LogP contribution in [-0.4, -0.2) is 87.6 Å². The van der Waals surface area contributed by atoms with Gasteiger partial charge in [-0.2, -0.15) is 17.0 Å². The van der Waals surface area contributed by atoms with E-state index in [2.05, 4.69) is 5.32 Å². The minimum absolute atomic E-state index is 0.0570. The van der Waals surface area contributed by atoms with E-state index in [9.17, 15) is 22.0 Å². The summed E-state index contributed by atoms with van der Waals surface area (Å²) in [6.45, 7) is 4.80. The first-order chi connectivity index (χ1) is 15.4. The predicted octanol–water partition coefficient (Wildman–Crippen LogP) is 1.79. The summed E-state index contributed by atoms with van der Waals surface area (Å²) in [6.07, 6.45) is -1.20. The number of amides is 1. The topological polar surface area (TPSA) is 85.4 Å². The Bertz CT molecular complexity index is 991. The Morgan fingerprint density at radius 1 is 1.21 bits per heavy atom. The lowest BCUT2D eigenvalue weighted by atomic mass is 10.2. The third kappa shape index (κ3) is 5.53. The average molecular weight is 506 g/mol. The van der Waals surface area contributed by atoms with Gasteiger partial charge in [-0.1, -0.05) is 26.1 Å². The van der Waals surface area contributed by atoms with Crippen LogP contribution in [0.5, 0.6) is 0 Å². The highest BCUT2D eigenvalue weighted by Crippen LogP contribution is 2.31. The number of ether oxygens (including phenoxy) is 1. The highest BCUT2D eigenvalue weighted by atomic mass is 32.2. The zero-order valence-corrected chi connectivity index (χ0v) is 20.7. The van der Waals surface area contributed by atoms with Gasteiger partial charge in [-0.3, -0.25) is 4.90 Å². The van der Waals surface area contributed by atoms with E-state index < -0.39 is 34.0 Å². The number of hydrogen-bond donors (Lipinski definition) is 1. The Kier molecular flexibility index (Phi) is 7.76. The lowest BCUT2D eigenvalue weighted by Crippen LogP contribution is -2.52. The Morgan fingerprint density at radius 2 is 1.79 bits per heavy atom. The number of benzene rings is 1. The van der Waals surface area contributed by atoms with Gasteiger partial charge in [0.1, 0.15) is 11.8 Å². The molecule has 0 unspecified atom stereocenters. The van der Waals surface area contributed by atoms with Gasteiger partial charge in [-0.15, -0.1) is 0 Å². The first-order valence-electron chi connectivity index (χ1n) is 10.6. The first kappa shape index (κ1) is 25.5. The van der Waals surface area contributed by atoms with Crippen molar-refractivity contribution in [1.82, 2.24) is 13.9 Å². The highest BCUT2D eigenvalue weighted by molar-refractivity contribution is 7.86. The number of thiocarbonyl (C=S) groups is 1. The minimum atomic E-state index is -3.59. The Balaban J connectivity index is 1.69. The minimum Gasteiger partial charge on any atom is -0.442 e. The molecule has 0 bridgehead atoms. The summed E-state index contributed by atoms with van der Waals surface area (Å²) in [6, 6.07) is 2.19. The Morgan fingerprint density at radius 3 is 2.30 bits per heavy atom. The number of anilines is 2. The van der Waals surface area contributed by atoms with Gasteiger partial charge in [-0.05, 0) is 0 Å². The number of halogens is 2. The fraction of sp³-hybridized carbons (Fsp3) is 0.600. The molecular weight excluding hydrogens is 476 g/mol. The molecule has 3 rings (SSSR count). The summed E-state index contributed by atoms with van der Waals surface area (Å²) in [5.41, 5.74) is -0.185. The van der Waals surface area contributed by atoms with E-state index in [-0.39, 0.29) is 50.0 Å². The van der Waals surface area contributed by atoms with Crippen molar-refractivity contribution in [3.8, 4) is 0 Å². The van der Waals surface area contributed by atoms with Gasteiger partial charge in [0.2, 0.25) is 0 Å². The Hall–Kier alpha value is -2.09. The van der Waals surface area contributed by atoms with E-state index in [4.69, 9.17) is 17.0 Å². The first-order valence-corrected chi connectivity index (χ1v) is 12.4. The number of nitrogens with zero attached hydrogens (tertiary/aromatic N) is 4. The van der Waals surface area contributed by atoms with E-state index in [0.29, 0.717) is 11.5 Å². The number of nitrogens with one attached hydrogen (secondary N) is 1. The van der Waals surface area contributed by atoms with Crippen LogP contribution < -0.4 is 15.1 Å². The molecule has 1 N–H and O–H groups in total. The molecule has 0 spiro atoms. The molecule has 0 aliphatic carbocycles. The molecule has 13 heteroatoms. The number of cyclic esters (lactones) is 1. The number of piperazine rings is 1. The molecule has 9 nitrogen and oxygen atoms in total. The van der Waals surface area contributed by atoms with Gasteiger partial charge in [0.15, 0.2) is 11.6 Å². The zero-order chi connectivity index (χ0) is 24.5. The van der Waals surface area contributed by atoms with Crippen LogP contribution in [0.25, 0.3) is 0 Å². The molecule has 2 fully saturated rings. The number of carbonyl (C=O) groups excluding carboxylic acids is 1. The van der Waals surface area contributed by atoms with Crippen LogP contribution in [0.3, 0.4) is 0 Å². The molecule has 0 aromatic heterocycles. The normalized spacial score (nSPS) is 20.0. The molecule has 184 valence electrons. The summed E-state index contributed by atoms with van der Waals surface area (Å²) in [5.74, 6) is -1.51. The molecule has 33 heavy (non-hydrogen) atoms. The van der Waals surface area contributed by atoms with E-state index >= 15 is 0 Å². The fourth-order valence-electron chi connectivity index (χ4n) is 3.64. The predicted molar refractivity (Wildman–Crippen MR) is 126 cm³/mol. The summed E-state index contributed by atoms with van der Waals surface area (Å²) in [4.78, 5) is 15.6. The van der Waals surface area contributed by atoms with Crippen molar-refractivity contribution in [2.75, 3.05) is 63.2 Å². The summed E-state index contributed by atoms with van der Waals surface area (Å²) < 4.78 is 62.1. The second kappa shape index (κ2) is 10.0. The molecule has 0 radical (unpaired) electrons. The number of hydrogen-bond acceptors (Lipinski definition) is 6. The monoisotopic (exact) mass is 505 g/mol.